The summed E-state index contributed by atoms with van der Waals surface area (Å²) in [4.78, 5) is 48.8. The third-order valence-electron chi connectivity index (χ3n) is 9.51. The number of hydrogen-bond donors (Lipinski definition) is 1. The van der Waals surface area contributed by atoms with Crippen LogP contribution < -0.4 is 4.90 Å². The van der Waals surface area contributed by atoms with Crippen molar-refractivity contribution in [2.45, 2.75) is 62.8 Å². The number of carbonyl (C=O) groups excluding carboxylic acids is 3. The molecule has 2 unspecified atom stereocenters. The standard InChI is InChI=1S/C35H43N3O5/c1-4-21-36(25-26-15-9-7-10-16-26)33(42)30-35-20-19-34(6-3,43-35)28(29(35)32(41)38(30)23-13-14-24-39)31(40)37(22-5-2)27-17-11-8-12-18-27/h4-5,7-12,15-18,28-30,39H,1-2,6,13-14,19-25H2,3H3/t28-,29-,30?,34+,35?/m0/s1. The van der Waals surface area contributed by atoms with Gasteiger partial charge in [0.2, 0.25) is 17.7 Å². The minimum Gasteiger partial charge on any atom is -0.396 e. The van der Waals surface area contributed by atoms with Crippen molar-refractivity contribution < 1.29 is 24.2 Å². The zero-order valence-corrected chi connectivity index (χ0v) is 25.1. The molecule has 1 spiro atoms. The first-order valence-corrected chi connectivity index (χ1v) is 15.4. The quantitative estimate of drug-likeness (QED) is 0.263. The Bertz CT molecular complexity index is 1330. The number of nitrogens with zero attached hydrogens (tertiary/aromatic N) is 3. The Hall–Kier alpha value is -3.75. The Kier molecular flexibility index (Phi) is 9.18. The summed E-state index contributed by atoms with van der Waals surface area (Å²) in [6.45, 7) is 11.0. The van der Waals surface area contributed by atoms with Gasteiger partial charge in [-0.2, -0.15) is 0 Å². The van der Waals surface area contributed by atoms with Gasteiger partial charge in [0.05, 0.1) is 17.4 Å². The molecule has 5 atom stereocenters. The number of aliphatic hydroxyl groups is 1. The van der Waals surface area contributed by atoms with Crippen molar-refractivity contribution in [1.82, 2.24) is 9.80 Å². The van der Waals surface area contributed by atoms with E-state index < -0.39 is 29.1 Å². The van der Waals surface area contributed by atoms with E-state index in [0.717, 1.165) is 11.3 Å². The second-order valence-corrected chi connectivity index (χ2v) is 11.9. The third kappa shape index (κ3) is 5.31. The Balaban J connectivity index is 1.57. The molecule has 3 fully saturated rings. The Morgan fingerprint density at radius 2 is 1.67 bits per heavy atom. The number of likely N-dealkylation sites (tertiary alicyclic amines) is 1. The second kappa shape index (κ2) is 12.9. The summed E-state index contributed by atoms with van der Waals surface area (Å²) >= 11 is 0. The highest BCUT2D eigenvalue weighted by atomic mass is 16.5. The van der Waals surface area contributed by atoms with Gasteiger partial charge in [-0.1, -0.05) is 67.6 Å². The maximum absolute atomic E-state index is 14.6. The highest BCUT2D eigenvalue weighted by molar-refractivity contribution is 6.03. The Morgan fingerprint density at radius 1 is 1.00 bits per heavy atom. The minimum atomic E-state index is -1.11. The predicted octanol–water partition coefficient (Wildman–Crippen LogP) is 4.35. The summed E-state index contributed by atoms with van der Waals surface area (Å²) in [7, 11) is 0. The molecular formula is C35H43N3O5. The van der Waals surface area contributed by atoms with E-state index in [0.29, 0.717) is 58.3 Å². The van der Waals surface area contributed by atoms with Crippen LogP contribution in [-0.2, 0) is 25.7 Å². The number of fused-ring (bicyclic) bond motifs is 1. The summed E-state index contributed by atoms with van der Waals surface area (Å²) in [5.74, 6) is -2.11. The Labute approximate surface area is 254 Å². The van der Waals surface area contributed by atoms with Crippen molar-refractivity contribution in [2.24, 2.45) is 11.8 Å². The van der Waals surface area contributed by atoms with Gasteiger partial charge in [0.1, 0.15) is 11.6 Å². The van der Waals surface area contributed by atoms with Gasteiger partial charge in [-0.05, 0) is 49.8 Å². The number of anilines is 1. The summed E-state index contributed by atoms with van der Waals surface area (Å²) in [5, 5.41) is 9.50. The molecule has 3 amide bonds. The van der Waals surface area contributed by atoms with Crippen LogP contribution in [0.15, 0.2) is 86.0 Å². The fourth-order valence-electron chi connectivity index (χ4n) is 7.60. The first-order valence-electron chi connectivity index (χ1n) is 15.4. The number of benzene rings is 2. The lowest BCUT2D eigenvalue weighted by atomic mass is 9.64. The number of hydrogen-bond acceptors (Lipinski definition) is 5. The lowest BCUT2D eigenvalue weighted by molar-refractivity contribution is -0.153. The van der Waals surface area contributed by atoms with Crippen molar-refractivity contribution in [3.05, 3.63) is 91.5 Å². The number of unbranched alkanes of at least 4 members (excludes halogenated alkanes) is 1. The largest absolute Gasteiger partial charge is 0.396 e. The molecule has 228 valence electrons. The molecule has 0 aliphatic carbocycles. The van der Waals surface area contributed by atoms with Gasteiger partial charge in [-0.15, -0.1) is 13.2 Å². The number of aliphatic hydroxyl groups excluding tert-OH is 1. The van der Waals surface area contributed by atoms with Crippen molar-refractivity contribution in [1.29, 1.82) is 0 Å². The van der Waals surface area contributed by atoms with E-state index in [9.17, 15) is 19.5 Å². The first-order chi connectivity index (χ1) is 20.9. The zero-order chi connectivity index (χ0) is 30.6. The molecule has 0 aromatic heterocycles. The van der Waals surface area contributed by atoms with Crippen molar-refractivity contribution >= 4 is 23.4 Å². The van der Waals surface area contributed by atoms with Crippen LogP contribution in [0.4, 0.5) is 5.69 Å². The second-order valence-electron chi connectivity index (χ2n) is 11.9. The van der Waals surface area contributed by atoms with E-state index >= 15 is 0 Å². The number of ether oxygens (including phenoxy) is 1. The minimum absolute atomic E-state index is 0.00401. The van der Waals surface area contributed by atoms with Crippen LogP contribution in [0.3, 0.4) is 0 Å². The smallest absolute Gasteiger partial charge is 0.248 e. The monoisotopic (exact) mass is 585 g/mol. The average Bonchev–Trinajstić information content (AvgIpc) is 3.63. The molecule has 2 bridgehead atoms. The molecule has 43 heavy (non-hydrogen) atoms. The molecule has 8 nitrogen and oxygen atoms in total. The van der Waals surface area contributed by atoms with Gasteiger partial charge < -0.3 is 24.5 Å². The SMILES string of the molecule is C=CCN(Cc1ccccc1)C(=O)C1N(CCCCO)C(=O)[C@@H]2[C@@H](C(=O)N(CC=C)c3ccccc3)[C@@]3(CC)CCC12O3. The summed E-state index contributed by atoms with van der Waals surface area (Å²) < 4.78 is 6.98. The number of rotatable bonds is 14. The van der Waals surface area contributed by atoms with E-state index in [1.54, 1.807) is 26.9 Å². The van der Waals surface area contributed by atoms with Crippen LogP contribution in [0.2, 0.25) is 0 Å². The number of carbonyl (C=O) groups is 3. The van der Waals surface area contributed by atoms with Gasteiger partial charge >= 0.3 is 0 Å². The van der Waals surface area contributed by atoms with Crippen LogP contribution in [0, 0.1) is 11.8 Å². The highest BCUT2D eigenvalue weighted by Crippen LogP contribution is 2.64. The van der Waals surface area contributed by atoms with Crippen molar-refractivity contribution in [3.8, 4) is 0 Å². The maximum Gasteiger partial charge on any atom is 0.248 e. The van der Waals surface area contributed by atoms with Crippen molar-refractivity contribution in [3.63, 3.8) is 0 Å². The molecule has 0 saturated carbocycles. The topological polar surface area (TPSA) is 90.4 Å². The van der Waals surface area contributed by atoms with Gasteiger partial charge in [0, 0.05) is 38.5 Å². The third-order valence-corrected chi connectivity index (χ3v) is 9.51. The molecule has 3 heterocycles. The summed E-state index contributed by atoms with van der Waals surface area (Å²) in [6, 6.07) is 18.3. The highest BCUT2D eigenvalue weighted by Gasteiger charge is 2.79. The zero-order valence-electron chi connectivity index (χ0n) is 25.1. The van der Waals surface area contributed by atoms with Gasteiger partial charge in [0.15, 0.2) is 0 Å². The number of para-hydroxylation sites is 1. The maximum atomic E-state index is 14.6. The lowest BCUT2D eigenvalue weighted by Crippen LogP contribution is -2.56. The average molecular weight is 586 g/mol. The predicted molar refractivity (Wildman–Crippen MR) is 166 cm³/mol. The van der Waals surface area contributed by atoms with Crippen LogP contribution in [0.1, 0.15) is 44.6 Å². The molecule has 3 aliphatic heterocycles. The molecule has 3 saturated heterocycles. The molecular weight excluding hydrogens is 542 g/mol. The van der Waals surface area contributed by atoms with Crippen LogP contribution >= 0.6 is 0 Å². The van der Waals surface area contributed by atoms with Crippen LogP contribution in [0.5, 0.6) is 0 Å². The normalized spacial score (nSPS) is 27.2. The Morgan fingerprint density at radius 3 is 2.30 bits per heavy atom. The summed E-state index contributed by atoms with van der Waals surface area (Å²) in [6.07, 6.45) is 6.10. The first kappa shape index (κ1) is 30.7. The number of amides is 3. The van der Waals surface area contributed by atoms with E-state index in [-0.39, 0.29) is 24.3 Å². The summed E-state index contributed by atoms with van der Waals surface area (Å²) in [5.41, 5.74) is -0.255. The van der Waals surface area contributed by atoms with Gasteiger partial charge in [-0.25, -0.2) is 0 Å². The fraction of sp³-hybridized carbons (Fsp3) is 0.457. The van der Waals surface area contributed by atoms with Gasteiger partial charge in [0.25, 0.3) is 0 Å². The van der Waals surface area contributed by atoms with Crippen molar-refractivity contribution in [2.75, 3.05) is 31.1 Å². The molecule has 0 radical (unpaired) electrons. The molecule has 5 rings (SSSR count). The van der Waals surface area contributed by atoms with E-state index in [2.05, 4.69) is 13.2 Å². The lowest BCUT2D eigenvalue weighted by Gasteiger charge is -2.37. The van der Waals surface area contributed by atoms with Gasteiger partial charge in [-0.3, -0.25) is 14.4 Å². The molecule has 1 N–H and O–H groups in total. The van der Waals surface area contributed by atoms with Crippen LogP contribution in [-0.4, -0.2) is 76.1 Å². The molecule has 2 aromatic rings. The van der Waals surface area contributed by atoms with Crippen LogP contribution in [0.25, 0.3) is 0 Å². The molecule has 3 aliphatic rings. The fourth-order valence-corrected chi connectivity index (χ4v) is 7.60. The molecule has 8 heteroatoms. The van der Waals surface area contributed by atoms with E-state index in [1.165, 1.54) is 0 Å². The van der Waals surface area contributed by atoms with E-state index in [4.69, 9.17) is 4.74 Å². The van der Waals surface area contributed by atoms with E-state index in [1.807, 2.05) is 67.6 Å². The molecule has 2 aromatic carbocycles.